The van der Waals surface area contributed by atoms with Gasteiger partial charge in [-0.3, -0.25) is 4.90 Å². The van der Waals surface area contributed by atoms with E-state index in [0.717, 1.165) is 25.1 Å². The molecular weight excluding hydrogens is 278 g/mol. The van der Waals surface area contributed by atoms with Crippen LogP contribution in [0.25, 0.3) is 0 Å². The average Bonchev–Trinajstić information content (AvgIpc) is 2.87. The van der Waals surface area contributed by atoms with Gasteiger partial charge in [0.1, 0.15) is 0 Å². The Morgan fingerprint density at radius 1 is 1.26 bits per heavy atom. The van der Waals surface area contributed by atoms with Gasteiger partial charge in [-0.25, -0.2) is 0 Å². The first kappa shape index (κ1) is 13.1. The molecule has 1 unspecified atom stereocenters. The molecule has 0 saturated heterocycles. The monoisotopic (exact) mass is 293 g/mol. The van der Waals surface area contributed by atoms with Crippen molar-refractivity contribution in [3.8, 4) is 0 Å². The SMILES string of the molecule is OC(CN1CCc2sccc2C1)c1ccc(Cl)cc1. The lowest BCUT2D eigenvalue weighted by Gasteiger charge is -2.28. The molecule has 0 saturated carbocycles. The minimum Gasteiger partial charge on any atom is -0.387 e. The first-order valence-corrected chi connectivity index (χ1v) is 7.69. The molecule has 1 aromatic carbocycles. The Labute approximate surface area is 122 Å². The van der Waals surface area contributed by atoms with E-state index in [0.29, 0.717) is 11.6 Å². The lowest BCUT2D eigenvalue weighted by atomic mass is 10.1. The number of nitrogens with zero attached hydrogens (tertiary/aromatic N) is 1. The van der Waals surface area contributed by atoms with Crippen LogP contribution in [-0.2, 0) is 13.0 Å². The van der Waals surface area contributed by atoms with Gasteiger partial charge in [0.25, 0.3) is 0 Å². The Hall–Kier alpha value is -0.870. The first-order valence-electron chi connectivity index (χ1n) is 6.43. The molecule has 19 heavy (non-hydrogen) atoms. The Bertz CT molecular complexity index is 552. The number of rotatable bonds is 3. The van der Waals surface area contributed by atoms with Gasteiger partial charge in [-0.15, -0.1) is 11.3 Å². The quantitative estimate of drug-likeness (QED) is 0.936. The van der Waals surface area contributed by atoms with Gasteiger partial charge in [-0.05, 0) is 41.1 Å². The van der Waals surface area contributed by atoms with Crippen LogP contribution in [0.4, 0.5) is 0 Å². The fraction of sp³-hybridized carbons (Fsp3) is 0.333. The van der Waals surface area contributed by atoms with Crippen molar-refractivity contribution in [2.45, 2.75) is 19.1 Å². The van der Waals surface area contributed by atoms with Gasteiger partial charge < -0.3 is 5.11 Å². The van der Waals surface area contributed by atoms with Gasteiger partial charge in [0.15, 0.2) is 0 Å². The molecule has 0 amide bonds. The molecule has 0 aliphatic carbocycles. The predicted molar refractivity (Wildman–Crippen MR) is 79.7 cm³/mol. The number of β-amino-alcohol motifs (C(OH)–C–C–N with tert-alkyl or cyclic N) is 1. The third kappa shape index (κ3) is 3.00. The van der Waals surface area contributed by atoms with Crippen molar-refractivity contribution < 1.29 is 5.11 Å². The van der Waals surface area contributed by atoms with E-state index in [-0.39, 0.29) is 0 Å². The highest BCUT2D eigenvalue weighted by atomic mass is 35.5. The van der Waals surface area contributed by atoms with E-state index in [4.69, 9.17) is 11.6 Å². The second-order valence-corrected chi connectivity index (χ2v) is 6.36. The van der Waals surface area contributed by atoms with Gasteiger partial charge in [0, 0.05) is 29.5 Å². The molecule has 0 bridgehead atoms. The number of halogens is 1. The van der Waals surface area contributed by atoms with Crippen LogP contribution < -0.4 is 0 Å². The maximum atomic E-state index is 10.3. The zero-order valence-electron chi connectivity index (χ0n) is 10.6. The van der Waals surface area contributed by atoms with Gasteiger partial charge in [-0.1, -0.05) is 23.7 Å². The molecule has 1 aliphatic heterocycles. The molecule has 100 valence electrons. The molecule has 0 radical (unpaired) electrons. The molecule has 1 N–H and O–H groups in total. The van der Waals surface area contributed by atoms with Crippen LogP contribution >= 0.6 is 22.9 Å². The molecule has 0 fully saturated rings. The smallest absolute Gasteiger partial charge is 0.0917 e. The van der Waals surface area contributed by atoms with Gasteiger partial charge in [0.05, 0.1) is 6.10 Å². The normalized spacial score (nSPS) is 17.2. The van der Waals surface area contributed by atoms with Crippen molar-refractivity contribution in [3.63, 3.8) is 0 Å². The molecule has 1 atom stereocenters. The number of hydrogen-bond acceptors (Lipinski definition) is 3. The number of fused-ring (bicyclic) bond motifs is 1. The summed E-state index contributed by atoms with van der Waals surface area (Å²) in [6, 6.07) is 9.64. The summed E-state index contributed by atoms with van der Waals surface area (Å²) in [7, 11) is 0. The standard InChI is InChI=1S/C15H16ClNOS/c16-13-3-1-11(2-4-13)14(18)10-17-7-5-15-12(9-17)6-8-19-15/h1-4,6,8,14,18H,5,7,9-10H2. The highest BCUT2D eigenvalue weighted by molar-refractivity contribution is 7.10. The van der Waals surface area contributed by atoms with Crippen LogP contribution in [0.15, 0.2) is 35.7 Å². The van der Waals surface area contributed by atoms with E-state index < -0.39 is 6.10 Å². The number of thiophene rings is 1. The first-order chi connectivity index (χ1) is 9.22. The second kappa shape index (κ2) is 5.63. The summed E-state index contributed by atoms with van der Waals surface area (Å²) in [5.41, 5.74) is 2.35. The number of aliphatic hydroxyl groups is 1. The lowest BCUT2D eigenvalue weighted by molar-refractivity contribution is 0.106. The van der Waals surface area contributed by atoms with Crippen molar-refractivity contribution in [2.75, 3.05) is 13.1 Å². The van der Waals surface area contributed by atoms with Crippen LogP contribution in [0.3, 0.4) is 0 Å². The summed E-state index contributed by atoms with van der Waals surface area (Å²) in [5, 5.41) is 13.1. The third-order valence-electron chi connectivity index (χ3n) is 3.57. The Kier molecular flexibility index (Phi) is 3.89. The van der Waals surface area contributed by atoms with Crippen molar-refractivity contribution in [2.24, 2.45) is 0 Å². The second-order valence-electron chi connectivity index (χ2n) is 4.92. The Morgan fingerprint density at radius 2 is 2.05 bits per heavy atom. The number of benzene rings is 1. The van der Waals surface area contributed by atoms with Crippen molar-refractivity contribution in [1.29, 1.82) is 0 Å². The molecular formula is C15H16ClNOS. The van der Waals surface area contributed by atoms with E-state index >= 15 is 0 Å². The molecule has 2 aromatic rings. The molecule has 4 heteroatoms. The van der Waals surface area contributed by atoms with Crippen LogP contribution in [-0.4, -0.2) is 23.1 Å². The average molecular weight is 294 g/mol. The van der Waals surface area contributed by atoms with E-state index in [2.05, 4.69) is 16.3 Å². The molecule has 2 nitrogen and oxygen atoms in total. The van der Waals surface area contributed by atoms with Gasteiger partial charge >= 0.3 is 0 Å². The molecule has 1 aromatic heterocycles. The largest absolute Gasteiger partial charge is 0.387 e. The fourth-order valence-electron chi connectivity index (χ4n) is 2.50. The van der Waals surface area contributed by atoms with Crippen molar-refractivity contribution in [3.05, 3.63) is 56.7 Å². The zero-order valence-corrected chi connectivity index (χ0v) is 12.1. The lowest BCUT2D eigenvalue weighted by Crippen LogP contribution is -2.33. The summed E-state index contributed by atoms with van der Waals surface area (Å²) >= 11 is 7.70. The van der Waals surface area contributed by atoms with E-state index in [1.807, 2.05) is 35.6 Å². The maximum absolute atomic E-state index is 10.3. The Morgan fingerprint density at radius 3 is 2.84 bits per heavy atom. The van der Waals surface area contributed by atoms with Crippen LogP contribution in [0.5, 0.6) is 0 Å². The highest BCUT2D eigenvalue weighted by Crippen LogP contribution is 2.25. The summed E-state index contributed by atoms with van der Waals surface area (Å²) < 4.78 is 0. The van der Waals surface area contributed by atoms with Crippen molar-refractivity contribution in [1.82, 2.24) is 4.90 Å². The van der Waals surface area contributed by atoms with Gasteiger partial charge in [-0.2, -0.15) is 0 Å². The van der Waals surface area contributed by atoms with Crippen molar-refractivity contribution >= 4 is 22.9 Å². The summed E-state index contributed by atoms with van der Waals surface area (Å²) in [5.74, 6) is 0. The summed E-state index contributed by atoms with van der Waals surface area (Å²) in [6.45, 7) is 2.65. The Balaban J connectivity index is 1.64. The maximum Gasteiger partial charge on any atom is 0.0917 e. The highest BCUT2D eigenvalue weighted by Gasteiger charge is 2.20. The van der Waals surface area contributed by atoms with E-state index in [1.165, 1.54) is 10.4 Å². The zero-order chi connectivity index (χ0) is 13.2. The minimum absolute atomic E-state index is 0.447. The van der Waals surface area contributed by atoms with Gasteiger partial charge in [0.2, 0.25) is 0 Å². The molecule has 3 rings (SSSR count). The fourth-order valence-corrected chi connectivity index (χ4v) is 3.51. The van der Waals surface area contributed by atoms with Crippen LogP contribution in [0.1, 0.15) is 22.1 Å². The third-order valence-corrected chi connectivity index (χ3v) is 4.85. The summed E-state index contributed by atoms with van der Waals surface area (Å²) in [6.07, 6.45) is 0.651. The van der Waals surface area contributed by atoms with E-state index in [9.17, 15) is 5.11 Å². The van der Waals surface area contributed by atoms with Crippen LogP contribution in [0.2, 0.25) is 5.02 Å². The number of hydrogen-bond donors (Lipinski definition) is 1. The van der Waals surface area contributed by atoms with E-state index in [1.54, 1.807) is 0 Å². The molecule has 2 heterocycles. The number of aliphatic hydroxyl groups excluding tert-OH is 1. The molecule has 1 aliphatic rings. The summed E-state index contributed by atoms with van der Waals surface area (Å²) in [4.78, 5) is 3.81. The topological polar surface area (TPSA) is 23.5 Å². The minimum atomic E-state index is -0.447. The van der Waals surface area contributed by atoms with Crippen LogP contribution in [0, 0.1) is 0 Å². The molecule has 0 spiro atoms. The predicted octanol–water partition coefficient (Wildman–Crippen LogP) is 3.49.